The normalized spacial score (nSPS) is 19.4. The van der Waals surface area contributed by atoms with Crippen molar-refractivity contribution in [3.8, 4) is 5.75 Å². The number of carbonyl (C=O) groups is 1. The van der Waals surface area contributed by atoms with Gasteiger partial charge < -0.3 is 9.84 Å². The summed E-state index contributed by atoms with van der Waals surface area (Å²) in [5.41, 5.74) is 1.35. The Kier molecular flexibility index (Phi) is 2.86. The first-order valence-corrected chi connectivity index (χ1v) is 5.90. The molecule has 92 valence electrons. The summed E-state index contributed by atoms with van der Waals surface area (Å²) in [6, 6.07) is 5.94. The number of aryl methyl sites for hydroxylation is 1. The number of carboxylic acids is 1. The van der Waals surface area contributed by atoms with Gasteiger partial charge in [-0.15, -0.1) is 0 Å². The van der Waals surface area contributed by atoms with Gasteiger partial charge in [-0.1, -0.05) is 18.2 Å². The Hall–Kier alpha value is -1.51. The third kappa shape index (κ3) is 1.90. The van der Waals surface area contributed by atoms with E-state index in [0.717, 1.165) is 23.3 Å². The second-order valence-corrected chi connectivity index (χ2v) is 5.21. The SMILES string of the molecule is Cc1cccc2c1OCCC2C(C)(C)C(=O)O. The minimum atomic E-state index is -0.758. The number of benzene rings is 1. The number of fused-ring (bicyclic) bond motifs is 1. The molecule has 1 heterocycles. The average molecular weight is 234 g/mol. The highest BCUT2D eigenvalue weighted by atomic mass is 16.5. The zero-order valence-electron chi connectivity index (χ0n) is 10.5. The first-order chi connectivity index (χ1) is 7.94. The molecule has 0 fully saturated rings. The summed E-state index contributed by atoms with van der Waals surface area (Å²) in [7, 11) is 0. The molecule has 0 bridgehead atoms. The predicted molar refractivity (Wildman–Crippen MR) is 65.4 cm³/mol. The Bertz CT molecular complexity index is 449. The van der Waals surface area contributed by atoms with E-state index >= 15 is 0 Å². The van der Waals surface area contributed by atoms with Crippen molar-refractivity contribution in [3.05, 3.63) is 29.3 Å². The van der Waals surface area contributed by atoms with Crippen LogP contribution in [0.5, 0.6) is 5.75 Å². The van der Waals surface area contributed by atoms with Crippen molar-refractivity contribution >= 4 is 5.97 Å². The highest BCUT2D eigenvalue weighted by Crippen LogP contribution is 2.45. The second kappa shape index (κ2) is 4.06. The van der Waals surface area contributed by atoms with E-state index in [0.29, 0.717) is 6.61 Å². The number of carboxylic acid groups (broad SMARTS) is 1. The summed E-state index contributed by atoms with van der Waals surface area (Å²) in [6.45, 7) is 6.17. The van der Waals surface area contributed by atoms with Crippen molar-refractivity contribution in [1.29, 1.82) is 0 Å². The Morgan fingerprint density at radius 3 is 2.82 bits per heavy atom. The third-order valence-corrected chi connectivity index (χ3v) is 3.69. The van der Waals surface area contributed by atoms with Crippen LogP contribution in [0.15, 0.2) is 18.2 Å². The summed E-state index contributed by atoms with van der Waals surface area (Å²) < 4.78 is 5.67. The van der Waals surface area contributed by atoms with E-state index in [2.05, 4.69) is 0 Å². The van der Waals surface area contributed by atoms with E-state index in [1.165, 1.54) is 0 Å². The second-order valence-electron chi connectivity index (χ2n) is 5.21. The molecule has 1 aliphatic heterocycles. The summed E-state index contributed by atoms with van der Waals surface area (Å²) in [5, 5.41) is 9.35. The molecule has 0 saturated heterocycles. The van der Waals surface area contributed by atoms with Gasteiger partial charge in [-0.25, -0.2) is 0 Å². The van der Waals surface area contributed by atoms with Crippen molar-refractivity contribution in [2.24, 2.45) is 5.41 Å². The fourth-order valence-corrected chi connectivity index (χ4v) is 2.48. The molecular weight excluding hydrogens is 216 g/mol. The van der Waals surface area contributed by atoms with Crippen molar-refractivity contribution in [2.75, 3.05) is 6.61 Å². The van der Waals surface area contributed by atoms with Crippen LogP contribution in [0.2, 0.25) is 0 Å². The van der Waals surface area contributed by atoms with E-state index in [1.807, 2.05) is 25.1 Å². The number of rotatable bonds is 2. The maximum atomic E-state index is 11.4. The molecule has 1 unspecified atom stereocenters. The Morgan fingerprint density at radius 2 is 2.18 bits per heavy atom. The topological polar surface area (TPSA) is 46.5 Å². The maximum Gasteiger partial charge on any atom is 0.309 e. The van der Waals surface area contributed by atoms with E-state index in [1.54, 1.807) is 13.8 Å². The van der Waals surface area contributed by atoms with Crippen LogP contribution in [-0.2, 0) is 4.79 Å². The summed E-state index contributed by atoms with van der Waals surface area (Å²) in [6.07, 6.45) is 0.760. The maximum absolute atomic E-state index is 11.4. The molecule has 3 nitrogen and oxygen atoms in total. The van der Waals surface area contributed by atoms with Gasteiger partial charge in [0.2, 0.25) is 0 Å². The standard InChI is InChI=1S/C14H18O3/c1-9-5-4-6-10-11(7-8-17-12(9)10)14(2,3)13(15)16/h4-6,11H,7-8H2,1-3H3,(H,15,16). The predicted octanol–water partition coefficient (Wildman–Crippen LogP) is 2.97. The quantitative estimate of drug-likeness (QED) is 0.855. The monoisotopic (exact) mass is 234 g/mol. The Balaban J connectivity index is 2.49. The summed E-state index contributed by atoms with van der Waals surface area (Å²) in [4.78, 5) is 11.4. The zero-order valence-corrected chi connectivity index (χ0v) is 10.5. The van der Waals surface area contributed by atoms with Crippen molar-refractivity contribution in [2.45, 2.75) is 33.1 Å². The van der Waals surface area contributed by atoms with Crippen LogP contribution in [0.4, 0.5) is 0 Å². The Morgan fingerprint density at radius 1 is 1.47 bits per heavy atom. The van der Waals surface area contributed by atoms with E-state index in [4.69, 9.17) is 4.74 Å². The molecule has 0 radical (unpaired) electrons. The van der Waals surface area contributed by atoms with Gasteiger partial charge in [-0.2, -0.15) is 0 Å². The molecule has 1 aromatic rings. The van der Waals surface area contributed by atoms with Gasteiger partial charge >= 0.3 is 5.97 Å². The number of ether oxygens (including phenoxy) is 1. The van der Waals surface area contributed by atoms with Gasteiger partial charge in [0.1, 0.15) is 5.75 Å². The molecule has 3 heteroatoms. The van der Waals surface area contributed by atoms with Gasteiger partial charge in [0.25, 0.3) is 0 Å². The molecular formula is C14H18O3. The minimum absolute atomic E-state index is 0.0173. The van der Waals surface area contributed by atoms with E-state index < -0.39 is 11.4 Å². The van der Waals surface area contributed by atoms with Crippen LogP contribution in [0.3, 0.4) is 0 Å². The molecule has 0 aromatic heterocycles. The highest BCUT2D eigenvalue weighted by molar-refractivity contribution is 5.75. The molecule has 1 aromatic carbocycles. The van der Waals surface area contributed by atoms with Crippen LogP contribution in [0.25, 0.3) is 0 Å². The lowest BCUT2D eigenvalue weighted by Gasteiger charge is -2.35. The lowest BCUT2D eigenvalue weighted by molar-refractivity contribution is -0.148. The van der Waals surface area contributed by atoms with Gasteiger partial charge in [0.15, 0.2) is 0 Å². The molecule has 0 aliphatic carbocycles. The third-order valence-electron chi connectivity index (χ3n) is 3.69. The smallest absolute Gasteiger partial charge is 0.309 e. The molecule has 0 spiro atoms. The molecule has 1 atom stereocenters. The minimum Gasteiger partial charge on any atom is -0.493 e. The largest absolute Gasteiger partial charge is 0.493 e. The fourth-order valence-electron chi connectivity index (χ4n) is 2.48. The lowest BCUT2D eigenvalue weighted by atomic mass is 9.72. The van der Waals surface area contributed by atoms with Crippen molar-refractivity contribution in [1.82, 2.24) is 0 Å². The van der Waals surface area contributed by atoms with Crippen LogP contribution in [-0.4, -0.2) is 17.7 Å². The number of hydrogen-bond donors (Lipinski definition) is 1. The molecule has 0 amide bonds. The number of para-hydroxylation sites is 1. The Labute approximate surface area is 101 Å². The zero-order chi connectivity index (χ0) is 12.6. The molecule has 1 N–H and O–H groups in total. The van der Waals surface area contributed by atoms with Gasteiger partial charge in [-0.05, 0) is 38.3 Å². The molecule has 2 rings (SSSR count). The van der Waals surface area contributed by atoms with Crippen molar-refractivity contribution < 1.29 is 14.6 Å². The van der Waals surface area contributed by atoms with Gasteiger partial charge in [-0.3, -0.25) is 4.79 Å². The average Bonchev–Trinajstić information content (AvgIpc) is 2.28. The van der Waals surface area contributed by atoms with Crippen molar-refractivity contribution in [3.63, 3.8) is 0 Å². The first-order valence-electron chi connectivity index (χ1n) is 5.90. The molecule has 17 heavy (non-hydrogen) atoms. The molecule has 1 aliphatic rings. The lowest BCUT2D eigenvalue weighted by Crippen LogP contribution is -2.34. The van der Waals surface area contributed by atoms with E-state index in [9.17, 15) is 9.90 Å². The van der Waals surface area contributed by atoms with Gasteiger partial charge in [0.05, 0.1) is 12.0 Å². The summed E-state index contributed by atoms with van der Waals surface area (Å²) in [5.74, 6) is 0.138. The first kappa shape index (κ1) is 12.0. The molecule has 0 saturated carbocycles. The number of hydrogen-bond acceptors (Lipinski definition) is 2. The van der Waals surface area contributed by atoms with Gasteiger partial charge in [0, 0.05) is 5.92 Å². The summed E-state index contributed by atoms with van der Waals surface area (Å²) >= 11 is 0. The highest BCUT2D eigenvalue weighted by Gasteiger charge is 2.40. The van der Waals surface area contributed by atoms with Crippen LogP contribution >= 0.6 is 0 Å². The van der Waals surface area contributed by atoms with Crippen LogP contribution in [0, 0.1) is 12.3 Å². The fraction of sp³-hybridized carbons (Fsp3) is 0.500. The van der Waals surface area contributed by atoms with E-state index in [-0.39, 0.29) is 5.92 Å². The van der Waals surface area contributed by atoms with Crippen LogP contribution in [0.1, 0.15) is 37.3 Å². The van der Waals surface area contributed by atoms with Crippen LogP contribution < -0.4 is 4.74 Å². The number of aliphatic carboxylic acids is 1.